The Kier molecular flexibility index (Phi) is 9.71. The van der Waals surface area contributed by atoms with Crippen LogP contribution in [-0.2, 0) is 38.5 Å². The zero-order valence-corrected chi connectivity index (χ0v) is 26.6. The van der Waals surface area contributed by atoms with Crippen LogP contribution in [0.4, 0.5) is 0 Å². The summed E-state index contributed by atoms with van der Waals surface area (Å²) in [5.41, 5.74) is 0. The highest BCUT2D eigenvalue weighted by molar-refractivity contribution is 7.95. The fourth-order valence-electron chi connectivity index (χ4n) is 5.70. The number of aromatic hydroxyl groups is 2. The first kappa shape index (κ1) is 33.8. The fraction of sp³-hybridized carbons (Fsp3) is 0.214. The number of carbonyl (C=O) groups is 2. The molecule has 5 N–H and O–H groups in total. The predicted octanol–water partition coefficient (Wildman–Crippen LogP) is 4.17. The van der Waals surface area contributed by atoms with E-state index in [1.807, 2.05) is 0 Å². The van der Waals surface area contributed by atoms with E-state index in [0.29, 0.717) is 60.6 Å². The number of likely N-dealkylation sites (tertiary alicyclic amines) is 1. The molecule has 0 bridgehead atoms. The highest BCUT2D eigenvalue weighted by atomic mass is 32.2. The number of carbonyl (C=O) groups excluding carboxylic acids is 2. The van der Waals surface area contributed by atoms with Crippen molar-refractivity contribution in [1.82, 2.24) is 9.63 Å². The van der Waals surface area contributed by atoms with Gasteiger partial charge in [-0.2, -0.15) is 8.42 Å². The van der Waals surface area contributed by atoms with Crippen LogP contribution in [0.1, 0.15) is 12.8 Å². The molecular formula is C28H24N2O15S3. The highest BCUT2D eigenvalue weighted by Gasteiger charge is 2.30. The van der Waals surface area contributed by atoms with Crippen molar-refractivity contribution in [3.05, 3.63) is 48.5 Å². The van der Waals surface area contributed by atoms with Crippen LogP contribution in [0.25, 0.3) is 32.3 Å². The number of benzene rings is 4. The molecule has 1 aliphatic rings. The van der Waals surface area contributed by atoms with Gasteiger partial charge in [-0.25, -0.2) is 15.3 Å². The quantitative estimate of drug-likeness (QED) is 0.0399. The van der Waals surface area contributed by atoms with Crippen LogP contribution in [0.2, 0.25) is 0 Å². The van der Waals surface area contributed by atoms with Crippen LogP contribution >= 0.6 is 24.1 Å². The van der Waals surface area contributed by atoms with Crippen LogP contribution < -0.4 is 9.57 Å². The second kappa shape index (κ2) is 13.8. The Hall–Kier alpha value is -4.09. The molecule has 1 fully saturated rings. The van der Waals surface area contributed by atoms with Crippen molar-refractivity contribution in [2.75, 3.05) is 19.7 Å². The molecule has 1 saturated heterocycles. The van der Waals surface area contributed by atoms with Gasteiger partial charge in [0.15, 0.2) is 6.61 Å². The first-order valence-electron chi connectivity index (χ1n) is 13.8. The molecule has 1 amide bonds. The van der Waals surface area contributed by atoms with Gasteiger partial charge < -0.3 is 24.7 Å². The molecule has 2 heterocycles. The van der Waals surface area contributed by atoms with E-state index in [-0.39, 0.29) is 42.0 Å². The number of nitrogens with zero attached hydrogens (tertiary/aromatic N) is 2. The first-order valence-corrected chi connectivity index (χ1v) is 16.7. The van der Waals surface area contributed by atoms with Gasteiger partial charge in [0.2, 0.25) is 11.8 Å². The lowest BCUT2D eigenvalue weighted by molar-refractivity contribution is -0.432. The summed E-state index contributed by atoms with van der Waals surface area (Å²) in [6.07, 6.45) is 0.514. The third-order valence-electron chi connectivity index (χ3n) is 7.84. The van der Waals surface area contributed by atoms with Gasteiger partial charge in [0.25, 0.3) is 16.0 Å². The van der Waals surface area contributed by atoms with E-state index in [0.717, 1.165) is 18.2 Å². The molecule has 1 aliphatic heterocycles. The summed E-state index contributed by atoms with van der Waals surface area (Å²) in [6, 6.07) is 11.4. The van der Waals surface area contributed by atoms with E-state index in [2.05, 4.69) is 18.7 Å². The van der Waals surface area contributed by atoms with Crippen molar-refractivity contribution in [3.63, 3.8) is 0 Å². The molecule has 0 spiro atoms. The Morgan fingerprint density at radius 1 is 0.812 bits per heavy atom. The molecule has 1 aromatic heterocycles. The molecule has 17 nitrogen and oxygen atoms in total. The zero-order chi connectivity index (χ0) is 34.2. The molecule has 0 atom stereocenters. The zero-order valence-electron chi connectivity index (χ0n) is 24.2. The van der Waals surface area contributed by atoms with Gasteiger partial charge in [-0.3, -0.25) is 9.35 Å². The Bertz CT molecular complexity index is 2090. The van der Waals surface area contributed by atoms with Gasteiger partial charge in [0.1, 0.15) is 10.6 Å². The molecule has 254 valence electrons. The monoisotopic (exact) mass is 724 g/mol. The largest absolute Gasteiger partial charge is 0.492 e. The van der Waals surface area contributed by atoms with Crippen LogP contribution in [0, 0.1) is 5.92 Å². The molecular weight excluding hydrogens is 701 g/mol. The molecule has 4 aromatic carbocycles. The molecule has 0 radical (unpaired) electrons. The fourth-order valence-corrected chi connectivity index (χ4v) is 7.53. The van der Waals surface area contributed by atoms with Crippen LogP contribution in [-0.4, -0.2) is 74.9 Å². The third kappa shape index (κ3) is 6.50. The second-order valence-electron chi connectivity index (χ2n) is 10.4. The first-order chi connectivity index (χ1) is 23.0. The molecule has 20 heteroatoms. The lowest BCUT2D eigenvalue weighted by Crippen LogP contribution is -2.43. The molecule has 0 aliphatic carbocycles. The summed E-state index contributed by atoms with van der Waals surface area (Å²) in [6.45, 7) is -0.0264. The lowest BCUT2D eigenvalue weighted by Gasteiger charge is -2.30. The smallest absolute Gasteiger partial charge is 0.336 e. The number of hydrogen-bond acceptors (Lipinski definition) is 16. The highest BCUT2D eigenvalue weighted by Crippen LogP contribution is 2.47. The van der Waals surface area contributed by atoms with Crippen molar-refractivity contribution >= 4 is 78.4 Å². The topological polar surface area (TPSA) is 233 Å². The summed E-state index contributed by atoms with van der Waals surface area (Å²) in [5.74, 6) is -2.38. The van der Waals surface area contributed by atoms with Gasteiger partial charge in [-0.1, -0.05) is 28.3 Å². The van der Waals surface area contributed by atoms with E-state index in [1.54, 1.807) is 18.2 Å². The number of amides is 1. The van der Waals surface area contributed by atoms with E-state index in [4.69, 9.17) is 20.1 Å². The number of hydrogen-bond donors (Lipinski definition) is 5. The Morgan fingerprint density at radius 3 is 1.94 bits per heavy atom. The number of ether oxygens (including phenoxy) is 1. The Morgan fingerprint density at radius 2 is 1.35 bits per heavy atom. The van der Waals surface area contributed by atoms with E-state index >= 15 is 0 Å². The van der Waals surface area contributed by atoms with Crippen molar-refractivity contribution < 1.29 is 71.6 Å². The van der Waals surface area contributed by atoms with Crippen LogP contribution in [0.15, 0.2) is 63.2 Å². The van der Waals surface area contributed by atoms with Crippen molar-refractivity contribution in [2.24, 2.45) is 5.92 Å². The van der Waals surface area contributed by atoms with Crippen molar-refractivity contribution in [3.8, 4) is 17.5 Å². The van der Waals surface area contributed by atoms with Crippen molar-refractivity contribution in [2.45, 2.75) is 27.5 Å². The summed E-state index contributed by atoms with van der Waals surface area (Å²) in [4.78, 5) is 32.4. The number of piperidine rings is 1. The summed E-state index contributed by atoms with van der Waals surface area (Å²) in [7, 11) is -4.76. The van der Waals surface area contributed by atoms with Gasteiger partial charge in [-0.05, 0) is 41.8 Å². The van der Waals surface area contributed by atoms with Crippen LogP contribution in [0.5, 0.6) is 17.5 Å². The minimum atomic E-state index is -4.76. The Labute approximate surface area is 278 Å². The van der Waals surface area contributed by atoms with E-state index < -0.39 is 51.2 Å². The minimum absolute atomic E-state index is 0.145. The molecule has 5 aromatic rings. The molecule has 0 saturated carbocycles. The predicted molar refractivity (Wildman–Crippen MR) is 165 cm³/mol. The molecule has 6 rings (SSSR count). The summed E-state index contributed by atoms with van der Waals surface area (Å²) >= 11 is 1.10. The third-order valence-corrected chi connectivity index (χ3v) is 10.0. The average Bonchev–Trinajstić information content (AvgIpc) is 3.39. The van der Waals surface area contributed by atoms with Gasteiger partial charge >= 0.3 is 5.97 Å². The summed E-state index contributed by atoms with van der Waals surface area (Å²) in [5, 5.41) is 46.8. The summed E-state index contributed by atoms with van der Waals surface area (Å²) < 4.78 is 50.7. The second-order valence-corrected chi connectivity index (χ2v) is 13.3. The number of rotatable bonds is 12. The normalized spacial score (nSPS) is 14.4. The Balaban J connectivity index is 1.28. The SMILES string of the molecule is O=C(On1c(O)ccc1O)C1CCN(C(=O)COc2cc(SOOO)c3ccc4c(SOOO)cc(S(=O)(=O)O)c5ccc2c3c45)CC1. The van der Waals surface area contributed by atoms with Crippen LogP contribution in [0.3, 0.4) is 0 Å². The minimum Gasteiger partial charge on any atom is -0.492 e. The van der Waals surface area contributed by atoms with Crippen molar-refractivity contribution in [1.29, 1.82) is 0 Å². The maximum absolute atomic E-state index is 13.2. The standard InChI is InChI=1S/C28H24N2O15S3/c31-23-5-6-24(32)30(23)41-28(34)14-7-9-29(10-8-14)25(33)13-40-19-11-20(46-44-42-35)16-2-3-17-21(47-45-43-36)12-22(48(37,38)39)18-4-1-15(19)26(16)27(17)18/h1-6,11-12,14,31-32,35-36H,7-10,13H2,(H,37,38,39). The van der Waals surface area contributed by atoms with Gasteiger partial charge in [0.05, 0.1) is 34.9 Å². The maximum atomic E-state index is 13.2. The molecule has 0 unspecified atom stereocenters. The van der Waals surface area contributed by atoms with E-state index in [9.17, 15) is 32.8 Å². The number of aromatic nitrogens is 1. The maximum Gasteiger partial charge on any atom is 0.336 e. The van der Waals surface area contributed by atoms with E-state index in [1.165, 1.54) is 17.0 Å². The average molecular weight is 725 g/mol. The molecule has 48 heavy (non-hydrogen) atoms. The van der Waals surface area contributed by atoms with Gasteiger partial charge in [-0.15, -0.1) is 13.4 Å². The lowest BCUT2D eigenvalue weighted by atomic mass is 9.93. The van der Waals surface area contributed by atoms with Gasteiger partial charge in [0, 0.05) is 51.7 Å².